The first kappa shape index (κ1) is 131. The number of benzene rings is 12. The molecule has 135 heavy (non-hydrogen) atoms. The van der Waals surface area contributed by atoms with Gasteiger partial charge < -0.3 is 153 Å². The second-order valence-electron chi connectivity index (χ2n) is 29.2. The van der Waals surface area contributed by atoms with Crippen LogP contribution in [-0.4, -0.2) is 140 Å². The van der Waals surface area contributed by atoms with E-state index < -0.39 is 4.92 Å². The molecule has 0 saturated heterocycles. The summed E-state index contributed by atoms with van der Waals surface area (Å²) in [6.45, 7) is 12.0. The van der Waals surface area contributed by atoms with Crippen molar-refractivity contribution >= 4 is 219 Å². The summed E-state index contributed by atoms with van der Waals surface area (Å²) in [6.07, 6.45) is 8.27. The van der Waals surface area contributed by atoms with Crippen LogP contribution in [0.4, 0.5) is 17.1 Å². The number of nitro benzene ring substituents is 1. The van der Waals surface area contributed by atoms with Gasteiger partial charge in [0.2, 0.25) is 0 Å². The molecular weight excluding hydrogens is 2590 g/mol. The number of anilines is 2. The van der Waals surface area contributed by atoms with E-state index in [0.717, 1.165) is 150 Å². The quantitative estimate of drug-likeness (QED) is 0.0129. The first-order valence-electron chi connectivity index (χ1n) is 40.3. The van der Waals surface area contributed by atoms with Gasteiger partial charge >= 0.3 is 113 Å². The smallest absolute Gasteiger partial charge is 0.693 e. The molecular formula is C99H112Cl8N22O2Pt4-16. The van der Waals surface area contributed by atoms with E-state index in [1.807, 2.05) is 150 Å². The van der Waals surface area contributed by atoms with Crippen LogP contribution in [0.2, 0.25) is 0 Å². The van der Waals surface area contributed by atoms with Crippen LogP contribution < -0.4 is 60.3 Å². The van der Waals surface area contributed by atoms with E-state index in [0.29, 0.717) is 73.0 Å². The first-order valence-corrected chi connectivity index (χ1v) is 51.6. The van der Waals surface area contributed by atoms with Crippen LogP contribution in [0.25, 0.3) is 200 Å². The van der Waals surface area contributed by atoms with Crippen LogP contribution in [0.15, 0.2) is 243 Å². The number of halogens is 8. The van der Waals surface area contributed by atoms with Gasteiger partial charge in [0, 0.05) is 101 Å². The average molecular weight is 2710 g/mol. The van der Waals surface area contributed by atoms with Crippen molar-refractivity contribution in [3.63, 3.8) is 0 Å². The number of hydrogen-bond donors (Lipinski definition) is 2. The zero-order chi connectivity index (χ0) is 88.2. The summed E-state index contributed by atoms with van der Waals surface area (Å²) in [4.78, 5) is 43.1. The maximum atomic E-state index is 11.3. The third kappa shape index (κ3) is 31.5. The SMILES string of the molecule is CCC(=[N-])N(C)CCCc1c2ccc3ccccc3c2nc2c1ccc1ccccc12.CCC(=[N-])N(C)CCCc1c2ccccc2nc2c1cnc1ccccc12.CCC(=[N-])N(C)CCNc1c2cc([N+](=O)[O-])ccc2nc2c1ccc1ccccc12.CCC(=[N-])N(C)CCNc1c2ccccc2nc2c1ccc1ccccc12.[CH3-].[CH3-].[Cl-].[Cl-].[Cl-].[Cl-].[Cl][Pt].[Cl][Pt].[Cl][Pt].[Cl][Pt].[NH2-].[NH2-].[NH2-].[NH2-].[NH2-].[NH2-]. The molecule has 0 aliphatic heterocycles. The van der Waals surface area contributed by atoms with Gasteiger partial charge in [-0.2, -0.15) is 0 Å². The Morgan fingerprint density at radius 3 is 0.985 bits per heavy atom. The number of aryl methyl sites for hydroxylation is 2. The minimum Gasteiger partial charge on any atom is -0.693 e. The zero-order valence-corrected chi connectivity index (χ0v) is 91.5. The minimum atomic E-state index is -0.393. The van der Waals surface area contributed by atoms with E-state index >= 15 is 0 Å². The minimum absolute atomic E-state index is 0. The van der Waals surface area contributed by atoms with Crippen molar-refractivity contribution in [3.8, 4) is 0 Å². The van der Waals surface area contributed by atoms with Crippen molar-refractivity contribution in [2.24, 2.45) is 0 Å². The molecule has 0 saturated carbocycles. The number of pyridine rings is 5. The van der Waals surface area contributed by atoms with Crippen molar-refractivity contribution in [2.75, 3.05) is 78.1 Å². The van der Waals surface area contributed by atoms with Gasteiger partial charge in [-0.1, -0.05) is 293 Å². The Morgan fingerprint density at radius 1 is 0.333 bits per heavy atom. The molecule has 12 aromatic carbocycles. The fraction of sp³-hybridized carbons (Fsp3) is 0.222. The molecule has 17 aromatic rings. The molecule has 5 aromatic heterocycles. The Balaban J connectivity index is -0.00000163. The normalized spacial score (nSPS) is 9.84. The van der Waals surface area contributed by atoms with Gasteiger partial charge in [0.05, 0.1) is 65.9 Å². The van der Waals surface area contributed by atoms with E-state index in [4.69, 9.17) is 19.9 Å². The van der Waals surface area contributed by atoms with E-state index in [1.54, 1.807) is 92.1 Å². The fourth-order valence-electron chi connectivity index (χ4n) is 15.7. The number of nitrogens with one attached hydrogen (secondary N) is 2. The molecule has 0 spiro atoms. The van der Waals surface area contributed by atoms with Crippen molar-refractivity contribution < 1.29 is 130 Å². The third-order valence-electron chi connectivity index (χ3n) is 22.0. The summed E-state index contributed by atoms with van der Waals surface area (Å²) in [6, 6.07) is 80.1. The van der Waals surface area contributed by atoms with Gasteiger partial charge in [-0.05, 0) is 121 Å². The van der Waals surface area contributed by atoms with E-state index in [1.165, 1.54) is 60.3 Å². The first-order chi connectivity index (χ1) is 60.0. The third-order valence-corrected chi connectivity index (χ3v) is 22.0. The standard InChI is InChI=1S/C28H26N3.C23H22N5O2.2C23H23N4.2CH3.8ClH.6H2N.4Pt/c1-3-26(29)31(2)18-8-13-23-24-16-14-19-9-4-6-11-21(19)27(24)30-28-22-12-7-5-10-20(22)15-17-25(23)28;1-3-21(24)27(2)13-12-25-22-18-10-8-15-6-4-5-7-17(15)23(18)26-20-11-9-16(28(29)30)14-19(20)22;1-3-22(24)27(2)14-8-11-16-17-9-4-7-13-21(17)26-23-18-10-5-6-12-20(18)25-15-19(16)23;1-3-21(24)27(2)15-14-25-22-18-10-6-7-11-20(18)26-23-17-9-5-4-8-16(17)12-13-19(22)23;;;;;;;;;;;;;;;;;;;;/h4-7,9-12,14-17H,3,8,13,18H2,1-2H3;4-11,14H,3,12-13H2,1-2H3,(H,25,26);4-7,9-10,12-13,15H,3,8,11,14H2,1-2H3;4-13H,3,14-15H2,1-2H3,(H,25,26);2*1H3;8*1H;6*1H2;;;;/q6*-1;;;;;;;;;6*-1;4*+1/p-8. The molecule has 14 N–H and O–H groups in total. The van der Waals surface area contributed by atoms with Gasteiger partial charge in [0.1, 0.15) is 0 Å². The molecule has 36 heteroatoms. The predicted octanol–water partition coefficient (Wildman–Crippen LogP) is 18.5. The van der Waals surface area contributed by atoms with Crippen LogP contribution >= 0.6 is 37.7 Å². The molecule has 24 nitrogen and oxygen atoms in total. The number of likely N-dealkylation sites (N-methyl/N-ethyl adjacent to an activating group) is 2. The van der Waals surface area contributed by atoms with Crippen LogP contribution in [0.3, 0.4) is 0 Å². The van der Waals surface area contributed by atoms with E-state index in [2.05, 4.69) is 199 Å². The number of aromatic nitrogens is 5. The molecule has 0 aliphatic rings. The number of rotatable bonds is 21. The maximum absolute atomic E-state index is 11.3. The Hall–Kier alpha value is -8.52. The summed E-state index contributed by atoms with van der Waals surface area (Å²) < 4.78 is 0. The van der Waals surface area contributed by atoms with Crippen molar-refractivity contribution in [3.05, 3.63) is 337 Å². The molecule has 0 bridgehead atoms. The molecule has 0 aliphatic carbocycles. The number of para-hydroxylation sites is 3. The second-order valence-corrected chi connectivity index (χ2v) is 29.2. The molecule has 0 radical (unpaired) electrons. The van der Waals surface area contributed by atoms with E-state index in [-0.39, 0.29) is 107 Å². The topological polar surface area (TPSA) is 435 Å². The number of nitrogens with zero attached hydrogens (tertiary/aromatic N) is 14. The number of nitrogens with two attached hydrogens (primary N) is 6. The van der Waals surface area contributed by atoms with Crippen molar-refractivity contribution in [1.82, 2.24) is 44.5 Å². The second kappa shape index (κ2) is 65.4. The Morgan fingerprint density at radius 2 is 0.615 bits per heavy atom. The number of amidine groups is 4. The summed E-state index contributed by atoms with van der Waals surface area (Å²) in [5.74, 6) is 1.61. The molecule has 0 fully saturated rings. The van der Waals surface area contributed by atoms with Crippen LogP contribution in [0, 0.1) is 25.0 Å². The van der Waals surface area contributed by atoms with Gasteiger partial charge in [-0.25, -0.2) is 19.9 Å². The van der Waals surface area contributed by atoms with Crippen molar-refractivity contribution in [1.29, 1.82) is 0 Å². The zero-order valence-electron chi connectivity index (χ0n) is 76.3. The molecule has 0 unspecified atom stereocenters. The summed E-state index contributed by atoms with van der Waals surface area (Å²) >= 11 is 6.44. The van der Waals surface area contributed by atoms with Crippen LogP contribution in [0.5, 0.6) is 0 Å². The summed E-state index contributed by atoms with van der Waals surface area (Å²) in [5.41, 5.74) is 13.3. The molecule has 5 heterocycles. The molecule has 742 valence electrons. The fourth-order valence-corrected chi connectivity index (χ4v) is 15.7. The van der Waals surface area contributed by atoms with Crippen molar-refractivity contribution in [2.45, 2.75) is 79.1 Å². The monoisotopic (exact) mass is 2700 g/mol. The molecule has 17 rings (SSSR count). The number of fused-ring (bicyclic) bond motifs is 18. The Bertz CT molecular complexity index is 6370. The van der Waals surface area contributed by atoms with Gasteiger partial charge in [-0.3, -0.25) is 15.1 Å². The predicted molar refractivity (Wildman–Crippen MR) is 556 cm³/mol. The Labute approximate surface area is 879 Å². The van der Waals surface area contributed by atoms with Gasteiger partial charge in [0.15, 0.2) is 0 Å². The van der Waals surface area contributed by atoms with Crippen LogP contribution in [-0.2, 0) is 87.9 Å². The van der Waals surface area contributed by atoms with Gasteiger partial charge in [-0.15, -0.1) is 0 Å². The summed E-state index contributed by atoms with van der Waals surface area (Å²) in [5, 5.41) is 77.2. The Kier molecular flexibility index (Phi) is 63.2. The van der Waals surface area contributed by atoms with Crippen LogP contribution in [0.1, 0.15) is 77.3 Å². The number of nitro groups is 1. The van der Waals surface area contributed by atoms with Gasteiger partial charge in [0.25, 0.3) is 5.69 Å². The maximum Gasteiger partial charge on any atom is -0.693 e. The largest absolute Gasteiger partial charge is 0.693 e. The molecule has 0 amide bonds. The average Bonchev–Trinajstić information content (AvgIpc) is 0.741. The van der Waals surface area contributed by atoms with E-state index in [9.17, 15) is 31.8 Å². The number of hydrogen-bond acceptors (Lipinski definition) is 9. The summed E-state index contributed by atoms with van der Waals surface area (Å²) in [7, 11) is 26.1. The molecule has 0 atom stereocenters. The number of non-ortho nitro benzene ring substituents is 1.